The molecule has 0 aliphatic heterocycles. The fourth-order valence-electron chi connectivity index (χ4n) is 1.96. The molecule has 1 atom stereocenters. The molecule has 1 aromatic carbocycles. The first-order valence-corrected chi connectivity index (χ1v) is 7.70. The number of para-hydroxylation sites is 1. The van der Waals surface area contributed by atoms with E-state index in [0.717, 1.165) is 20.9 Å². The predicted molar refractivity (Wildman–Crippen MR) is 79.0 cm³/mol. The average Bonchev–Trinajstić information content (AvgIpc) is 3.09. The second-order valence-corrected chi connectivity index (χ2v) is 6.41. The van der Waals surface area contributed by atoms with Gasteiger partial charge in [0.05, 0.1) is 16.4 Å². The van der Waals surface area contributed by atoms with Crippen LogP contribution in [-0.2, 0) is 0 Å². The Labute approximate surface area is 121 Å². The van der Waals surface area contributed by atoms with Crippen molar-refractivity contribution in [3.63, 3.8) is 0 Å². The van der Waals surface area contributed by atoms with Crippen LogP contribution in [0.3, 0.4) is 0 Å². The first kappa shape index (κ1) is 11.9. The molecule has 1 unspecified atom stereocenters. The van der Waals surface area contributed by atoms with Crippen molar-refractivity contribution in [3.05, 3.63) is 35.5 Å². The van der Waals surface area contributed by atoms with E-state index < -0.39 is 6.17 Å². The molecule has 4 rings (SSSR count). The van der Waals surface area contributed by atoms with Gasteiger partial charge in [-0.1, -0.05) is 23.5 Å². The van der Waals surface area contributed by atoms with Crippen molar-refractivity contribution in [1.29, 1.82) is 0 Å². The van der Waals surface area contributed by atoms with Gasteiger partial charge in [-0.15, -0.1) is 11.3 Å². The summed E-state index contributed by atoms with van der Waals surface area (Å²) in [5.74, 6) is 0. The zero-order chi connectivity index (χ0) is 13.7. The van der Waals surface area contributed by atoms with Crippen molar-refractivity contribution in [3.8, 4) is 10.7 Å². The summed E-state index contributed by atoms with van der Waals surface area (Å²) in [5, 5.41) is 5.49. The fraction of sp³-hybridized carbons (Fsp3) is 0.154. The molecule has 20 heavy (non-hydrogen) atoms. The van der Waals surface area contributed by atoms with Gasteiger partial charge in [0.25, 0.3) is 0 Å². The number of thiazole rings is 1. The molecule has 0 spiro atoms. The molecule has 3 aromatic heterocycles. The third-order valence-electron chi connectivity index (χ3n) is 2.91. The molecule has 4 nitrogen and oxygen atoms in total. The summed E-state index contributed by atoms with van der Waals surface area (Å²) in [4.78, 5) is 9.74. The lowest BCUT2D eigenvalue weighted by molar-refractivity contribution is 0.370. The van der Waals surface area contributed by atoms with Crippen LogP contribution in [0.1, 0.15) is 18.1 Å². The molecule has 0 aliphatic carbocycles. The van der Waals surface area contributed by atoms with Gasteiger partial charge < -0.3 is 0 Å². The summed E-state index contributed by atoms with van der Waals surface area (Å²) in [6.07, 6.45) is 0.739. The molecule has 100 valence electrons. The van der Waals surface area contributed by atoms with E-state index in [4.69, 9.17) is 0 Å². The van der Waals surface area contributed by atoms with Crippen LogP contribution in [0, 0.1) is 0 Å². The third-order valence-corrected chi connectivity index (χ3v) is 5.05. The zero-order valence-electron chi connectivity index (χ0n) is 10.4. The minimum Gasteiger partial charge on any atom is -0.240 e. The normalized spacial score (nSPS) is 13.3. The number of nitrogens with zero attached hydrogens (tertiary/aromatic N) is 4. The van der Waals surface area contributed by atoms with Crippen LogP contribution in [-0.4, -0.2) is 19.6 Å². The maximum atomic E-state index is 13.2. The van der Waals surface area contributed by atoms with E-state index in [0.29, 0.717) is 9.97 Å². The molecule has 0 saturated carbocycles. The van der Waals surface area contributed by atoms with Crippen LogP contribution >= 0.6 is 22.7 Å². The van der Waals surface area contributed by atoms with E-state index in [1.807, 2.05) is 24.3 Å². The summed E-state index contributed by atoms with van der Waals surface area (Å²) in [6.45, 7) is 1.48. The molecule has 4 aromatic rings. The lowest BCUT2D eigenvalue weighted by Gasteiger charge is -1.90. The van der Waals surface area contributed by atoms with E-state index in [1.165, 1.54) is 18.3 Å². The van der Waals surface area contributed by atoms with E-state index in [-0.39, 0.29) is 0 Å². The van der Waals surface area contributed by atoms with Crippen LogP contribution in [0.15, 0.2) is 30.5 Å². The predicted octanol–water partition coefficient (Wildman–Crippen LogP) is 4.10. The van der Waals surface area contributed by atoms with Crippen molar-refractivity contribution in [2.45, 2.75) is 13.1 Å². The van der Waals surface area contributed by atoms with Crippen molar-refractivity contribution in [2.24, 2.45) is 0 Å². The summed E-state index contributed by atoms with van der Waals surface area (Å²) in [7, 11) is 0. The topological polar surface area (TPSA) is 43.1 Å². The highest BCUT2D eigenvalue weighted by molar-refractivity contribution is 7.21. The van der Waals surface area contributed by atoms with Gasteiger partial charge in [0, 0.05) is 0 Å². The molecule has 0 amide bonds. The molecule has 0 N–H and O–H groups in total. The van der Waals surface area contributed by atoms with Gasteiger partial charge in [-0.25, -0.2) is 18.9 Å². The maximum Gasteiger partial charge on any atom is 0.212 e. The molecule has 7 heteroatoms. The van der Waals surface area contributed by atoms with E-state index in [2.05, 4.69) is 15.1 Å². The summed E-state index contributed by atoms with van der Waals surface area (Å²) >= 11 is 2.87. The van der Waals surface area contributed by atoms with Crippen molar-refractivity contribution >= 4 is 37.9 Å². The van der Waals surface area contributed by atoms with Gasteiger partial charge in [0.15, 0.2) is 11.2 Å². The Morgan fingerprint density at radius 1 is 1.20 bits per heavy atom. The number of hydrogen-bond donors (Lipinski definition) is 0. The number of fused-ring (bicyclic) bond motifs is 2. The van der Waals surface area contributed by atoms with Gasteiger partial charge in [0.1, 0.15) is 10.7 Å². The largest absolute Gasteiger partial charge is 0.240 e. The molecule has 0 aliphatic rings. The van der Waals surface area contributed by atoms with Crippen molar-refractivity contribution in [1.82, 2.24) is 19.6 Å². The maximum absolute atomic E-state index is 13.2. The molecule has 3 heterocycles. The Morgan fingerprint density at radius 3 is 2.80 bits per heavy atom. The first-order valence-electron chi connectivity index (χ1n) is 6.07. The molecular weight excluding hydrogens is 295 g/mol. The van der Waals surface area contributed by atoms with Crippen LogP contribution in [0.5, 0.6) is 0 Å². The first-order chi connectivity index (χ1) is 9.70. The SMILES string of the molecule is CC(F)c1nn2cc(-c3nc4ccccc4s3)nc2s1. The standard InChI is InChI=1S/C13H9FN4S2/c1-7(14)11-17-18-6-9(16-13(18)20-11)12-15-8-4-2-3-5-10(8)19-12/h2-7H,1H3. The highest BCUT2D eigenvalue weighted by Crippen LogP contribution is 2.31. The summed E-state index contributed by atoms with van der Waals surface area (Å²) in [5.41, 5.74) is 1.75. The number of alkyl halides is 1. The van der Waals surface area contributed by atoms with Crippen LogP contribution in [0.2, 0.25) is 0 Å². The number of halogens is 1. The van der Waals surface area contributed by atoms with Gasteiger partial charge >= 0.3 is 0 Å². The highest BCUT2D eigenvalue weighted by Gasteiger charge is 2.15. The summed E-state index contributed by atoms with van der Waals surface area (Å²) in [6, 6.07) is 7.98. The van der Waals surface area contributed by atoms with E-state index in [1.54, 1.807) is 22.0 Å². The Bertz CT molecular complexity index is 841. The van der Waals surface area contributed by atoms with Crippen LogP contribution in [0.4, 0.5) is 4.39 Å². The Morgan fingerprint density at radius 2 is 2.05 bits per heavy atom. The van der Waals surface area contributed by atoms with Gasteiger partial charge in [0.2, 0.25) is 4.96 Å². The van der Waals surface area contributed by atoms with Crippen LogP contribution in [0.25, 0.3) is 25.9 Å². The minimum absolute atomic E-state index is 0.448. The minimum atomic E-state index is -1.06. The van der Waals surface area contributed by atoms with Gasteiger partial charge in [-0.05, 0) is 19.1 Å². The summed E-state index contributed by atoms with van der Waals surface area (Å²) < 4.78 is 16.0. The fourth-order valence-corrected chi connectivity index (χ4v) is 3.69. The number of rotatable bonds is 2. The lowest BCUT2D eigenvalue weighted by atomic mass is 10.3. The lowest BCUT2D eigenvalue weighted by Crippen LogP contribution is -1.86. The zero-order valence-corrected chi connectivity index (χ0v) is 12.1. The van der Waals surface area contributed by atoms with Crippen molar-refractivity contribution < 1.29 is 4.39 Å². The molecule has 0 radical (unpaired) electrons. The second-order valence-electron chi connectivity index (χ2n) is 4.40. The second kappa shape index (κ2) is 4.32. The van der Waals surface area contributed by atoms with E-state index >= 15 is 0 Å². The molecule has 0 bridgehead atoms. The highest BCUT2D eigenvalue weighted by atomic mass is 32.1. The number of aromatic nitrogens is 4. The quantitative estimate of drug-likeness (QED) is 0.560. The number of benzene rings is 1. The Balaban J connectivity index is 1.83. The van der Waals surface area contributed by atoms with Gasteiger partial charge in [-0.2, -0.15) is 5.10 Å². The third kappa shape index (κ3) is 1.82. The van der Waals surface area contributed by atoms with Crippen LogP contribution < -0.4 is 0 Å². The van der Waals surface area contributed by atoms with Crippen molar-refractivity contribution in [2.75, 3.05) is 0 Å². The molecular formula is C13H9FN4S2. The van der Waals surface area contributed by atoms with Gasteiger partial charge in [-0.3, -0.25) is 0 Å². The Kier molecular flexibility index (Phi) is 2.58. The number of hydrogen-bond acceptors (Lipinski definition) is 5. The average molecular weight is 304 g/mol. The monoisotopic (exact) mass is 304 g/mol. The molecule has 0 fully saturated rings. The molecule has 0 saturated heterocycles. The number of imidazole rings is 1. The van der Waals surface area contributed by atoms with E-state index in [9.17, 15) is 4.39 Å². The Hall–Kier alpha value is -1.86. The smallest absolute Gasteiger partial charge is 0.212 e.